The van der Waals surface area contributed by atoms with Crippen LogP contribution in [0.3, 0.4) is 0 Å². The molecule has 6 heterocycles. The first kappa shape index (κ1) is 25.8. The van der Waals surface area contributed by atoms with Crippen molar-refractivity contribution in [2.75, 3.05) is 24.5 Å². The van der Waals surface area contributed by atoms with Crippen LogP contribution in [-0.4, -0.2) is 71.0 Å². The lowest BCUT2D eigenvalue weighted by Crippen LogP contribution is -2.54. The van der Waals surface area contributed by atoms with Gasteiger partial charge in [0.05, 0.1) is 28.2 Å². The molecule has 11 nitrogen and oxygen atoms in total. The molecule has 0 aliphatic carbocycles. The number of pyridine rings is 2. The lowest BCUT2D eigenvalue weighted by Gasteiger charge is -2.40. The van der Waals surface area contributed by atoms with Gasteiger partial charge in [-0.15, -0.1) is 5.10 Å². The summed E-state index contributed by atoms with van der Waals surface area (Å²) in [6.45, 7) is 11.2. The molecule has 0 spiro atoms. The average Bonchev–Trinajstić information content (AvgIpc) is 3.38. The molecule has 206 valence electrons. The molecule has 1 saturated heterocycles. The fourth-order valence-electron chi connectivity index (χ4n) is 5.62. The number of hydrogen-bond acceptors (Lipinski definition) is 8. The topological polar surface area (TPSA) is 115 Å². The minimum absolute atomic E-state index is 0.0180. The van der Waals surface area contributed by atoms with Crippen LogP contribution in [0.4, 0.5) is 10.2 Å². The van der Waals surface area contributed by atoms with Gasteiger partial charge in [0.1, 0.15) is 11.6 Å². The number of carbonyl (C=O) groups is 1. The van der Waals surface area contributed by atoms with Gasteiger partial charge in [-0.3, -0.25) is 14.5 Å². The number of piperazine rings is 1. The van der Waals surface area contributed by atoms with E-state index in [1.807, 2.05) is 37.9 Å². The Hall–Kier alpha value is -4.48. The highest BCUT2D eigenvalue weighted by atomic mass is 19.1. The van der Waals surface area contributed by atoms with Crippen LogP contribution in [0.5, 0.6) is 0 Å². The number of aromatic nitrogens is 7. The Labute approximate surface area is 230 Å². The van der Waals surface area contributed by atoms with E-state index >= 15 is 4.39 Å². The summed E-state index contributed by atoms with van der Waals surface area (Å²) in [4.78, 5) is 43.8. The number of anilines is 1. The summed E-state index contributed by atoms with van der Waals surface area (Å²) in [6, 6.07) is 3.12. The van der Waals surface area contributed by atoms with E-state index in [2.05, 4.69) is 26.9 Å². The minimum Gasteiger partial charge on any atom is -0.350 e. The van der Waals surface area contributed by atoms with Gasteiger partial charge in [-0.05, 0) is 36.6 Å². The van der Waals surface area contributed by atoms with Gasteiger partial charge < -0.3 is 9.80 Å². The van der Waals surface area contributed by atoms with E-state index in [0.29, 0.717) is 60.8 Å². The van der Waals surface area contributed by atoms with E-state index < -0.39 is 11.5 Å². The summed E-state index contributed by atoms with van der Waals surface area (Å²) in [5, 5.41) is 8.94. The zero-order valence-corrected chi connectivity index (χ0v) is 22.7. The molecule has 4 aromatic rings. The Morgan fingerprint density at radius 1 is 1.23 bits per heavy atom. The maximum Gasteiger partial charge on any atom is 0.355 e. The molecule has 0 N–H and O–H groups in total. The maximum absolute atomic E-state index is 15.6. The lowest BCUT2D eigenvalue weighted by molar-refractivity contribution is -0.126. The second-order valence-corrected chi connectivity index (χ2v) is 10.6. The molecule has 4 bridgehead atoms. The van der Waals surface area contributed by atoms with E-state index in [0.717, 1.165) is 11.3 Å². The first-order chi connectivity index (χ1) is 19.2. The number of amides is 1. The zero-order chi connectivity index (χ0) is 28.1. The lowest BCUT2D eigenvalue weighted by atomic mass is 10.0. The number of carbonyl (C=O) groups excluding carboxylic acids is 1. The number of rotatable bonds is 3. The van der Waals surface area contributed by atoms with Gasteiger partial charge in [0.15, 0.2) is 5.65 Å². The zero-order valence-electron chi connectivity index (χ0n) is 22.7. The van der Waals surface area contributed by atoms with Crippen LogP contribution >= 0.6 is 0 Å². The summed E-state index contributed by atoms with van der Waals surface area (Å²) < 4.78 is 18.8. The van der Waals surface area contributed by atoms with Crippen molar-refractivity contribution in [3.05, 3.63) is 76.1 Å². The molecule has 40 heavy (non-hydrogen) atoms. The van der Waals surface area contributed by atoms with Crippen LogP contribution in [0.1, 0.15) is 49.3 Å². The van der Waals surface area contributed by atoms with Crippen molar-refractivity contribution in [2.24, 2.45) is 0 Å². The predicted molar refractivity (Wildman–Crippen MR) is 147 cm³/mol. The molecule has 0 saturated carbocycles. The van der Waals surface area contributed by atoms with Gasteiger partial charge in [-0.2, -0.15) is 4.98 Å². The highest BCUT2D eigenvalue weighted by molar-refractivity contribution is 5.90. The molecule has 0 aromatic carbocycles. The first-order valence-electron chi connectivity index (χ1n) is 13.4. The van der Waals surface area contributed by atoms with E-state index in [1.54, 1.807) is 15.8 Å². The number of aryl methyl sites for hydroxylation is 2. The van der Waals surface area contributed by atoms with E-state index in [9.17, 15) is 9.59 Å². The third-order valence-electron chi connectivity index (χ3n) is 7.60. The summed E-state index contributed by atoms with van der Waals surface area (Å²) in [7, 11) is 0. The van der Waals surface area contributed by atoms with Crippen molar-refractivity contribution in [2.45, 2.75) is 52.1 Å². The summed E-state index contributed by atoms with van der Waals surface area (Å²) in [5.74, 6) is -0.299. The monoisotopic (exact) mass is 543 g/mol. The standard InChI is InChI=1S/C28H30FN9O2/c1-5-23(39)35-10-11-37(17(4)14-35)26-20-13-21(29)22-7-9-36-15-19(33-34-36)12-18-6-8-30-24(16(2)3)25(18)38(27(20)31-22)28(40)32-26/h5-6,8,13,15-17H,1,7,9-12,14H2,2-4H3/t17-/m0/s1. The third kappa shape index (κ3) is 4.33. The van der Waals surface area contributed by atoms with Crippen molar-refractivity contribution in [1.29, 1.82) is 0 Å². The highest BCUT2D eigenvalue weighted by Gasteiger charge is 2.31. The smallest absolute Gasteiger partial charge is 0.350 e. The van der Waals surface area contributed by atoms with Crippen molar-refractivity contribution in [1.82, 2.24) is 39.4 Å². The molecule has 4 aromatic heterocycles. The molecule has 12 heteroatoms. The van der Waals surface area contributed by atoms with Crippen molar-refractivity contribution >= 4 is 22.8 Å². The minimum atomic E-state index is -0.527. The molecule has 6 rings (SSSR count). The maximum atomic E-state index is 15.6. The second kappa shape index (κ2) is 9.92. The molecule has 2 aliphatic heterocycles. The molecular weight excluding hydrogens is 513 g/mol. The number of nitrogens with zero attached hydrogens (tertiary/aromatic N) is 9. The van der Waals surface area contributed by atoms with Crippen LogP contribution in [0.15, 0.2) is 42.0 Å². The van der Waals surface area contributed by atoms with E-state index in [1.165, 1.54) is 16.7 Å². The normalized spacial score (nSPS) is 17.1. The molecule has 1 amide bonds. The van der Waals surface area contributed by atoms with Crippen molar-refractivity contribution < 1.29 is 9.18 Å². The summed E-state index contributed by atoms with van der Waals surface area (Å²) in [5.41, 5.74) is 2.86. The van der Waals surface area contributed by atoms with Gasteiger partial charge in [0.25, 0.3) is 0 Å². The predicted octanol–water partition coefficient (Wildman–Crippen LogP) is 2.40. The molecule has 1 atom stereocenters. The largest absolute Gasteiger partial charge is 0.355 e. The molecule has 2 aliphatic rings. The Balaban J connectivity index is 1.62. The van der Waals surface area contributed by atoms with E-state index in [4.69, 9.17) is 4.98 Å². The SMILES string of the molecule is C=CC(=O)N1CCN(c2nc(=O)n3c4nc(c(F)cc24)CCn2cc(nn2)Cc2ccnc(C(C)C)c2-3)[C@@H](C)C1. The fourth-order valence-corrected chi connectivity index (χ4v) is 5.62. The Morgan fingerprint density at radius 2 is 2.05 bits per heavy atom. The van der Waals surface area contributed by atoms with Gasteiger partial charge in [-0.1, -0.05) is 25.6 Å². The first-order valence-corrected chi connectivity index (χ1v) is 13.4. The molecule has 0 radical (unpaired) electrons. The third-order valence-corrected chi connectivity index (χ3v) is 7.60. The van der Waals surface area contributed by atoms with E-state index in [-0.39, 0.29) is 30.0 Å². The van der Waals surface area contributed by atoms with Gasteiger partial charge >= 0.3 is 5.69 Å². The Bertz CT molecular complexity index is 1710. The molecule has 1 fully saturated rings. The van der Waals surface area contributed by atoms with Crippen molar-refractivity contribution in [3.63, 3.8) is 0 Å². The molecule has 0 unspecified atom stereocenters. The van der Waals surface area contributed by atoms with Crippen LogP contribution in [0.25, 0.3) is 16.7 Å². The van der Waals surface area contributed by atoms with Crippen LogP contribution in [-0.2, 0) is 24.2 Å². The quantitative estimate of drug-likeness (QED) is 0.362. The van der Waals surface area contributed by atoms with Gasteiger partial charge in [-0.25, -0.2) is 18.7 Å². The van der Waals surface area contributed by atoms with Gasteiger partial charge in [0, 0.05) is 57.5 Å². The highest BCUT2D eigenvalue weighted by Crippen LogP contribution is 2.32. The van der Waals surface area contributed by atoms with Crippen LogP contribution < -0.4 is 10.6 Å². The average molecular weight is 544 g/mol. The molecular formula is C28H30FN9O2. The number of hydrogen-bond donors (Lipinski definition) is 0. The number of fused-ring (bicyclic) bond motifs is 5. The summed E-state index contributed by atoms with van der Waals surface area (Å²) in [6.07, 6.45) is 5.55. The van der Waals surface area contributed by atoms with Crippen LogP contribution in [0, 0.1) is 5.82 Å². The van der Waals surface area contributed by atoms with Gasteiger partial charge in [0.2, 0.25) is 5.91 Å². The Morgan fingerprint density at radius 3 is 2.80 bits per heavy atom. The van der Waals surface area contributed by atoms with Crippen LogP contribution in [0.2, 0.25) is 0 Å². The fraction of sp³-hybridized carbons (Fsp3) is 0.393. The Kier molecular flexibility index (Phi) is 6.40. The second-order valence-electron chi connectivity index (χ2n) is 10.6. The number of halogens is 1. The van der Waals surface area contributed by atoms with Crippen molar-refractivity contribution in [3.8, 4) is 5.69 Å². The summed E-state index contributed by atoms with van der Waals surface area (Å²) >= 11 is 0.